The van der Waals surface area contributed by atoms with Crippen molar-refractivity contribution in [2.75, 3.05) is 14.1 Å². The van der Waals surface area contributed by atoms with Gasteiger partial charge >= 0.3 is 0 Å². The lowest BCUT2D eigenvalue weighted by molar-refractivity contribution is -0.212. The molecule has 0 aliphatic carbocycles. The molecule has 0 aliphatic heterocycles. The minimum Gasteiger partial charge on any atom is -0.326 e. The topological polar surface area (TPSA) is 51.0 Å². The molecule has 4 atom stereocenters. The van der Waals surface area contributed by atoms with Gasteiger partial charge in [0.05, 0.1) is 12.1 Å². The van der Waals surface area contributed by atoms with Gasteiger partial charge in [-0.2, -0.15) is 10.1 Å². The molecule has 0 aliphatic rings. The van der Waals surface area contributed by atoms with E-state index in [1.165, 1.54) is 11.1 Å². The van der Waals surface area contributed by atoms with Crippen molar-refractivity contribution in [2.45, 2.75) is 78.3 Å². The highest BCUT2D eigenvalue weighted by Gasteiger charge is 2.24. The number of nitrogens with two attached hydrogens (primary N) is 1. The summed E-state index contributed by atoms with van der Waals surface area (Å²) in [6.45, 7) is 13.6. The Morgan fingerprint density at radius 1 is 0.522 bits per heavy atom. The van der Waals surface area contributed by atoms with Crippen molar-refractivity contribution in [3.05, 3.63) is 143 Å². The minimum absolute atomic E-state index is 0.00298. The zero-order valence-corrected chi connectivity index (χ0v) is 29.7. The molecule has 0 radical (unpaired) electrons. The molecule has 0 fully saturated rings. The maximum Gasteiger partial charge on any atom is 0.101 e. The summed E-state index contributed by atoms with van der Waals surface area (Å²) in [4.78, 5) is 12.4. The zero-order valence-electron chi connectivity index (χ0n) is 28.9. The molecule has 0 saturated carbocycles. The van der Waals surface area contributed by atoms with Gasteiger partial charge in [-0.15, -0.1) is 11.6 Å². The fourth-order valence-corrected chi connectivity index (χ4v) is 6.06. The molecule has 0 amide bonds. The first kappa shape index (κ1) is 37.4. The van der Waals surface area contributed by atoms with E-state index in [2.05, 4.69) is 139 Å². The summed E-state index contributed by atoms with van der Waals surface area (Å²) >= 11 is 5.85. The largest absolute Gasteiger partial charge is 0.326 e. The maximum atomic E-state index is 6.19. The first-order valence-electron chi connectivity index (χ1n) is 16.4. The second-order valence-corrected chi connectivity index (χ2v) is 12.9. The van der Waals surface area contributed by atoms with Crippen LogP contribution in [0.1, 0.15) is 99.2 Å². The Hall–Kier alpha value is -3.03. The van der Waals surface area contributed by atoms with Crippen LogP contribution in [0.2, 0.25) is 0 Å². The predicted molar refractivity (Wildman–Crippen MR) is 193 cm³/mol. The fraction of sp³-hybridized carbons (Fsp3) is 0.400. The molecule has 0 bridgehead atoms. The lowest BCUT2D eigenvalue weighted by Gasteiger charge is -2.33. The van der Waals surface area contributed by atoms with Gasteiger partial charge in [0.1, 0.15) is 12.2 Å². The first-order valence-corrected chi connectivity index (χ1v) is 16.9. The van der Waals surface area contributed by atoms with Crippen LogP contribution in [-0.2, 0) is 22.1 Å². The lowest BCUT2D eigenvalue weighted by Crippen LogP contribution is -2.29. The van der Waals surface area contributed by atoms with E-state index in [0.29, 0.717) is 24.3 Å². The number of rotatable bonds is 14. The molecule has 0 spiro atoms. The average Bonchev–Trinajstić information content (AvgIpc) is 3.06. The Labute approximate surface area is 283 Å². The highest BCUT2D eigenvalue weighted by atomic mass is 35.5. The van der Waals surface area contributed by atoms with Crippen LogP contribution in [0.3, 0.4) is 0 Å². The Bertz CT molecular complexity index is 1270. The van der Waals surface area contributed by atoms with Crippen LogP contribution in [-0.4, -0.2) is 24.2 Å². The van der Waals surface area contributed by atoms with Crippen LogP contribution in [0, 0.1) is 11.8 Å². The van der Waals surface area contributed by atoms with Gasteiger partial charge < -0.3 is 5.73 Å². The Morgan fingerprint density at radius 3 is 1.17 bits per heavy atom. The first-order chi connectivity index (χ1) is 22.0. The van der Waals surface area contributed by atoms with Crippen LogP contribution in [0.15, 0.2) is 109 Å². The number of alkyl halides is 1. The van der Waals surface area contributed by atoms with Crippen LogP contribution in [0.4, 0.5) is 0 Å². The second kappa shape index (κ2) is 19.0. The van der Waals surface area contributed by atoms with E-state index in [1.807, 2.05) is 36.4 Å². The Kier molecular flexibility index (Phi) is 15.4. The van der Waals surface area contributed by atoms with Gasteiger partial charge in [-0.05, 0) is 59.1 Å². The van der Waals surface area contributed by atoms with Gasteiger partial charge in [0.15, 0.2) is 0 Å². The number of nitrogens with zero attached hydrogens (tertiary/aromatic N) is 2. The summed E-state index contributed by atoms with van der Waals surface area (Å²) in [7, 11) is 4.03. The Balaban J connectivity index is 0.000000250. The smallest absolute Gasteiger partial charge is 0.101 e. The molecule has 0 aromatic heterocycles. The summed E-state index contributed by atoms with van der Waals surface area (Å²) in [6.07, 6.45) is -0.00822. The van der Waals surface area contributed by atoms with Crippen LogP contribution in [0.5, 0.6) is 0 Å². The fourth-order valence-electron chi connectivity index (χ4n) is 5.88. The third-order valence-electron chi connectivity index (χ3n) is 8.27. The molecule has 0 saturated heterocycles. The molecular weight excluding hydrogens is 590 g/mol. The number of halogens is 1. The van der Waals surface area contributed by atoms with Gasteiger partial charge in [0, 0.05) is 26.5 Å². The molecule has 4 rings (SSSR count). The predicted octanol–water partition coefficient (Wildman–Crippen LogP) is 10.2. The minimum atomic E-state index is -0.00524. The number of hydroxylamine groups is 4. The van der Waals surface area contributed by atoms with E-state index in [-0.39, 0.29) is 24.3 Å². The van der Waals surface area contributed by atoms with Gasteiger partial charge in [-0.3, -0.25) is 9.68 Å². The summed E-state index contributed by atoms with van der Waals surface area (Å²) in [5, 5.41) is 3.97. The third kappa shape index (κ3) is 11.0. The van der Waals surface area contributed by atoms with Crippen molar-refractivity contribution in [3.63, 3.8) is 0 Å². The lowest BCUT2D eigenvalue weighted by atomic mass is 9.96. The zero-order chi connectivity index (χ0) is 33.6. The summed E-state index contributed by atoms with van der Waals surface area (Å²) < 4.78 is 0. The Morgan fingerprint density at radius 2 is 0.870 bits per heavy atom. The van der Waals surface area contributed by atoms with Crippen molar-refractivity contribution in [1.29, 1.82) is 0 Å². The third-order valence-corrected chi connectivity index (χ3v) is 8.57. The van der Waals surface area contributed by atoms with E-state index in [4.69, 9.17) is 27.0 Å². The second-order valence-electron chi connectivity index (χ2n) is 12.6. The SMILES string of the molecule is CC(ON(C)C(c1ccccc1)C(C)C)c1ccc(CCl)cc1.CC(ON(C)C(c1ccccc1)C(C)C)c1ccc(CN)cc1. The molecule has 248 valence electrons. The highest BCUT2D eigenvalue weighted by molar-refractivity contribution is 6.17. The van der Waals surface area contributed by atoms with Gasteiger partial charge in [0.25, 0.3) is 0 Å². The summed E-state index contributed by atoms with van der Waals surface area (Å²) in [5.74, 6) is 1.45. The van der Waals surface area contributed by atoms with Gasteiger partial charge in [-0.1, -0.05) is 137 Å². The van der Waals surface area contributed by atoms with Gasteiger partial charge in [-0.25, -0.2) is 0 Å². The van der Waals surface area contributed by atoms with Crippen LogP contribution >= 0.6 is 11.6 Å². The van der Waals surface area contributed by atoms with E-state index in [0.717, 1.165) is 22.3 Å². The normalized spacial score (nSPS) is 14.2. The van der Waals surface area contributed by atoms with Gasteiger partial charge in [0.2, 0.25) is 0 Å². The van der Waals surface area contributed by atoms with Crippen molar-refractivity contribution < 1.29 is 9.68 Å². The number of hydrogen-bond acceptors (Lipinski definition) is 5. The van der Waals surface area contributed by atoms with E-state index in [9.17, 15) is 0 Å². The van der Waals surface area contributed by atoms with E-state index >= 15 is 0 Å². The van der Waals surface area contributed by atoms with E-state index < -0.39 is 0 Å². The molecule has 4 unspecified atom stereocenters. The summed E-state index contributed by atoms with van der Waals surface area (Å²) in [6, 6.07) is 38.1. The monoisotopic (exact) mass is 643 g/mol. The van der Waals surface area contributed by atoms with Crippen molar-refractivity contribution >= 4 is 11.6 Å². The van der Waals surface area contributed by atoms with Crippen molar-refractivity contribution in [3.8, 4) is 0 Å². The van der Waals surface area contributed by atoms with E-state index in [1.54, 1.807) is 0 Å². The summed E-state index contributed by atoms with van der Waals surface area (Å²) in [5.41, 5.74) is 12.8. The molecule has 46 heavy (non-hydrogen) atoms. The number of hydrogen-bond donors (Lipinski definition) is 1. The highest BCUT2D eigenvalue weighted by Crippen LogP contribution is 2.32. The molecule has 4 aromatic carbocycles. The molecule has 2 N–H and O–H groups in total. The quantitative estimate of drug-likeness (QED) is 0.109. The van der Waals surface area contributed by atoms with Crippen LogP contribution < -0.4 is 5.73 Å². The number of benzene rings is 4. The maximum absolute atomic E-state index is 6.19. The molecule has 5 nitrogen and oxygen atoms in total. The standard InChI is InChI=1S/C20H26ClNO.C20H28N2O/c2*1-15(2)20(19-8-6-5-7-9-19)22(4)23-16(3)18-12-10-17(14-21)11-13-18/h5-13,15-16,20H,14H2,1-4H3;5-13,15-16,20H,14,21H2,1-4H3. The van der Waals surface area contributed by atoms with Crippen molar-refractivity contribution in [1.82, 2.24) is 10.1 Å². The molecule has 6 heteroatoms. The molecular formula is C40H54ClN3O2. The van der Waals surface area contributed by atoms with Crippen LogP contribution in [0.25, 0.3) is 0 Å². The van der Waals surface area contributed by atoms with Crippen molar-refractivity contribution in [2.24, 2.45) is 17.6 Å². The molecule has 4 aromatic rings. The average molecular weight is 644 g/mol. The molecule has 0 heterocycles.